The maximum atomic E-state index is 14.8. The largest absolute Gasteiger partial charge is 0.417 e. The summed E-state index contributed by atoms with van der Waals surface area (Å²) in [5, 5.41) is 0.695. The fraction of sp³-hybridized carbons (Fsp3) is 0.304. The molecular formula is C23H16ClF11N2O2. The normalized spacial score (nSPS) is 13.7. The SMILES string of the molecule is CN(CC(=O)c1ccc(/C(F)=C/C(c2ccc(F)c(Cl)c2)C(F)(F)F)cc1C(F)(F)F)C(=O)NCC(F)(F)F. The first-order valence-electron chi connectivity index (χ1n) is 10.4. The van der Waals surface area contributed by atoms with Gasteiger partial charge >= 0.3 is 24.6 Å². The van der Waals surface area contributed by atoms with Crippen molar-refractivity contribution in [2.75, 3.05) is 20.1 Å². The van der Waals surface area contributed by atoms with Crippen LogP contribution in [0.25, 0.3) is 5.83 Å². The van der Waals surface area contributed by atoms with Crippen LogP contribution in [0.3, 0.4) is 0 Å². The second-order valence-corrected chi connectivity index (χ2v) is 8.43. The van der Waals surface area contributed by atoms with E-state index in [0.717, 1.165) is 7.05 Å². The average molecular weight is 597 g/mol. The Labute approximate surface area is 218 Å². The molecule has 2 amide bonds. The van der Waals surface area contributed by atoms with Gasteiger partial charge in [-0.25, -0.2) is 13.6 Å². The second kappa shape index (κ2) is 11.8. The minimum Gasteiger partial charge on any atom is -0.329 e. The number of halogens is 12. The molecule has 0 aliphatic rings. The first kappa shape index (κ1) is 31.9. The molecule has 4 nitrogen and oxygen atoms in total. The summed E-state index contributed by atoms with van der Waals surface area (Å²) in [7, 11) is 0.826. The number of carbonyl (C=O) groups is 2. The molecular weight excluding hydrogens is 581 g/mol. The predicted octanol–water partition coefficient (Wildman–Crippen LogP) is 7.54. The highest BCUT2D eigenvalue weighted by Gasteiger charge is 2.41. The monoisotopic (exact) mass is 596 g/mol. The van der Waals surface area contributed by atoms with Gasteiger partial charge in [0.2, 0.25) is 0 Å². The van der Waals surface area contributed by atoms with Crippen molar-refractivity contribution in [2.24, 2.45) is 0 Å². The molecule has 0 heterocycles. The van der Waals surface area contributed by atoms with Crippen molar-refractivity contribution < 1.29 is 57.9 Å². The molecule has 0 bridgehead atoms. The Morgan fingerprint density at radius 1 is 1.00 bits per heavy atom. The van der Waals surface area contributed by atoms with E-state index in [-0.39, 0.29) is 12.1 Å². The predicted molar refractivity (Wildman–Crippen MR) is 117 cm³/mol. The number of alkyl halides is 9. The maximum Gasteiger partial charge on any atom is 0.417 e. The molecule has 0 fully saturated rings. The zero-order valence-electron chi connectivity index (χ0n) is 19.3. The molecule has 0 aliphatic carbocycles. The Morgan fingerprint density at radius 3 is 2.13 bits per heavy atom. The van der Waals surface area contributed by atoms with Crippen LogP contribution >= 0.6 is 11.6 Å². The number of urea groups is 1. The van der Waals surface area contributed by atoms with Crippen LogP contribution in [0, 0.1) is 5.82 Å². The molecule has 0 radical (unpaired) electrons. The van der Waals surface area contributed by atoms with Gasteiger partial charge in [0.15, 0.2) is 5.78 Å². The van der Waals surface area contributed by atoms with E-state index in [1.165, 1.54) is 5.32 Å². The van der Waals surface area contributed by atoms with Crippen molar-refractivity contribution >= 4 is 29.2 Å². The molecule has 1 atom stereocenters. The van der Waals surface area contributed by atoms with E-state index in [1.54, 1.807) is 0 Å². The van der Waals surface area contributed by atoms with Crippen molar-refractivity contribution in [3.63, 3.8) is 0 Å². The number of amides is 2. The van der Waals surface area contributed by atoms with E-state index >= 15 is 0 Å². The Kier molecular flexibility index (Phi) is 9.64. The quantitative estimate of drug-likeness (QED) is 0.265. The Morgan fingerprint density at radius 2 is 1.62 bits per heavy atom. The maximum absolute atomic E-state index is 14.8. The molecule has 0 aliphatic heterocycles. The van der Waals surface area contributed by atoms with Gasteiger partial charge in [0.1, 0.15) is 24.1 Å². The van der Waals surface area contributed by atoms with Crippen molar-refractivity contribution in [3.05, 3.63) is 75.6 Å². The number of nitrogens with one attached hydrogen (secondary N) is 1. The van der Waals surface area contributed by atoms with Gasteiger partial charge in [-0.15, -0.1) is 0 Å². The van der Waals surface area contributed by atoms with Gasteiger partial charge in [0, 0.05) is 18.2 Å². The van der Waals surface area contributed by atoms with Crippen molar-refractivity contribution in [2.45, 2.75) is 24.4 Å². The molecule has 1 N–H and O–H groups in total. The second-order valence-electron chi connectivity index (χ2n) is 8.02. The highest BCUT2D eigenvalue weighted by Crippen LogP contribution is 2.40. The molecule has 2 aromatic rings. The molecule has 2 aromatic carbocycles. The third-order valence-electron chi connectivity index (χ3n) is 5.04. The first-order chi connectivity index (χ1) is 17.7. The van der Waals surface area contributed by atoms with Crippen LogP contribution in [-0.2, 0) is 6.18 Å². The molecule has 1 unspecified atom stereocenters. The van der Waals surface area contributed by atoms with Crippen LogP contribution in [0.5, 0.6) is 0 Å². The third-order valence-corrected chi connectivity index (χ3v) is 5.33. The number of hydrogen-bond donors (Lipinski definition) is 1. The summed E-state index contributed by atoms with van der Waals surface area (Å²) in [5.74, 6) is -6.98. The van der Waals surface area contributed by atoms with Crippen molar-refractivity contribution in [1.29, 1.82) is 0 Å². The molecule has 0 saturated heterocycles. The molecule has 0 spiro atoms. The minimum absolute atomic E-state index is 0.0562. The van der Waals surface area contributed by atoms with E-state index in [0.29, 0.717) is 35.2 Å². The standard InChI is InChI=1S/C23H16ClF11N2O2/c1-37(20(39)36-10-21(27,28)29)9-19(38)13-4-2-12(6-15(13)23(33,34)35)18(26)8-14(22(30,31)32)11-3-5-17(25)16(24)7-11/h2-8,14H,9-10H2,1H3,(H,36,39)/b18-8-. The van der Waals surface area contributed by atoms with Gasteiger partial charge in [-0.05, 0) is 29.8 Å². The molecule has 214 valence electrons. The Balaban J connectivity index is 2.42. The van der Waals surface area contributed by atoms with E-state index < -0.39 is 88.3 Å². The van der Waals surface area contributed by atoms with Crippen LogP contribution in [0.2, 0.25) is 5.02 Å². The number of hydrogen-bond acceptors (Lipinski definition) is 2. The number of allylic oxidation sites excluding steroid dienone is 1. The molecule has 16 heteroatoms. The molecule has 0 aromatic heterocycles. The summed E-state index contributed by atoms with van der Waals surface area (Å²) >= 11 is 5.48. The number of ketones is 1. The number of nitrogens with zero attached hydrogens (tertiary/aromatic N) is 1. The van der Waals surface area contributed by atoms with Gasteiger partial charge in [-0.1, -0.05) is 29.8 Å². The van der Waals surface area contributed by atoms with Crippen LogP contribution in [0.15, 0.2) is 42.5 Å². The average Bonchev–Trinajstić information content (AvgIpc) is 2.80. The Bertz CT molecular complexity index is 1250. The highest BCUT2D eigenvalue weighted by molar-refractivity contribution is 6.30. The summed E-state index contributed by atoms with van der Waals surface area (Å²) in [5.41, 5.74) is -4.60. The fourth-order valence-electron chi connectivity index (χ4n) is 3.18. The third kappa shape index (κ3) is 8.83. The molecule has 0 saturated carbocycles. The Hall–Kier alpha value is -3.36. The zero-order valence-corrected chi connectivity index (χ0v) is 20.1. The number of likely N-dealkylation sites (N-methyl/N-ethyl adjacent to an activating group) is 1. The van der Waals surface area contributed by atoms with Crippen molar-refractivity contribution in [1.82, 2.24) is 10.2 Å². The smallest absolute Gasteiger partial charge is 0.329 e. The van der Waals surface area contributed by atoms with E-state index in [9.17, 15) is 57.9 Å². The van der Waals surface area contributed by atoms with Crippen LogP contribution < -0.4 is 5.32 Å². The molecule has 2 rings (SSSR count). The lowest BCUT2D eigenvalue weighted by Crippen LogP contribution is -2.43. The number of carbonyl (C=O) groups excluding carboxylic acids is 2. The van der Waals surface area contributed by atoms with Gasteiger partial charge in [0.05, 0.1) is 17.1 Å². The van der Waals surface area contributed by atoms with E-state index in [1.807, 2.05) is 0 Å². The summed E-state index contributed by atoms with van der Waals surface area (Å²) in [6, 6.07) is 1.48. The number of Topliss-reactive ketones (excluding diaryl/α,β-unsaturated/α-hetero) is 1. The van der Waals surface area contributed by atoms with Crippen molar-refractivity contribution in [3.8, 4) is 0 Å². The van der Waals surface area contributed by atoms with Crippen LogP contribution in [0.4, 0.5) is 53.1 Å². The lowest BCUT2D eigenvalue weighted by Gasteiger charge is -2.20. The lowest BCUT2D eigenvalue weighted by atomic mass is 9.95. The topological polar surface area (TPSA) is 49.4 Å². The zero-order chi connectivity index (χ0) is 29.9. The lowest BCUT2D eigenvalue weighted by molar-refractivity contribution is -0.140. The molecule has 39 heavy (non-hydrogen) atoms. The number of rotatable bonds is 7. The van der Waals surface area contributed by atoms with Crippen LogP contribution in [-0.4, -0.2) is 49.2 Å². The van der Waals surface area contributed by atoms with Gasteiger partial charge in [0.25, 0.3) is 0 Å². The fourth-order valence-corrected chi connectivity index (χ4v) is 3.37. The summed E-state index contributed by atoms with van der Waals surface area (Å²) in [4.78, 5) is 24.5. The number of benzene rings is 2. The first-order valence-corrected chi connectivity index (χ1v) is 10.8. The van der Waals surface area contributed by atoms with Gasteiger partial charge < -0.3 is 10.2 Å². The summed E-state index contributed by atoms with van der Waals surface area (Å²) in [6.45, 7) is -2.90. The van der Waals surface area contributed by atoms with E-state index in [2.05, 4.69) is 0 Å². The van der Waals surface area contributed by atoms with Gasteiger partial charge in [-0.3, -0.25) is 4.79 Å². The summed E-state index contributed by atoms with van der Waals surface area (Å²) < 4.78 is 147. The summed E-state index contributed by atoms with van der Waals surface area (Å²) in [6.07, 6.45) is -15.4. The minimum atomic E-state index is -5.33. The van der Waals surface area contributed by atoms with Gasteiger partial charge in [-0.2, -0.15) is 39.5 Å². The van der Waals surface area contributed by atoms with Crippen LogP contribution in [0.1, 0.15) is 33.0 Å². The highest BCUT2D eigenvalue weighted by atomic mass is 35.5. The van der Waals surface area contributed by atoms with E-state index in [4.69, 9.17) is 11.6 Å².